The van der Waals surface area contributed by atoms with Gasteiger partial charge in [-0.25, -0.2) is 9.36 Å². The Kier molecular flexibility index (Phi) is 10.5. The van der Waals surface area contributed by atoms with E-state index < -0.39 is 12.0 Å². The minimum absolute atomic E-state index is 0.355. The van der Waals surface area contributed by atoms with E-state index in [4.69, 9.17) is 23.7 Å². The van der Waals surface area contributed by atoms with Gasteiger partial charge in [-0.15, -0.1) is 15.9 Å². The molecule has 0 aliphatic carbocycles. The summed E-state index contributed by atoms with van der Waals surface area (Å²) in [5, 5.41) is 2.29. The number of carbonyl (C=O) groups is 1. The van der Waals surface area contributed by atoms with E-state index in [0.29, 0.717) is 28.3 Å². The zero-order valence-corrected chi connectivity index (χ0v) is 38.4. The lowest BCUT2D eigenvalue weighted by Crippen LogP contribution is -2.52. The molecule has 0 N–H and O–H groups in total. The quantitative estimate of drug-likeness (QED) is 0.0732. The molecule has 2 aliphatic heterocycles. The first-order valence-electron chi connectivity index (χ1n) is 22.0. The molecule has 328 valence electrons. The van der Waals surface area contributed by atoms with Crippen LogP contribution in [0.4, 0.5) is 0 Å². The Balaban J connectivity index is 1.44. The second kappa shape index (κ2) is 16.9. The van der Waals surface area contributed by atoms with E-state index in [2.05, 4.69) is 112 Å². The van der Waals surface area contributed by atoms with Crippen LogP contribution in [0.2, 0.25) is 0 Å². The van der Waals surface area contributed by atoms with E-state index >= 15 is 0 Å². The van der Waals surface area contributed by atoms with Gasteiger partial charge >= 0.3 is 12.0 Å². The standard InChI is InChI=1S/C58H45N2O6S/c1-62-42-30-25-39(26-31-42)53-48(36-17-9-6-10-18-36)49(37-19-11-7-12-20-37)55-51(41-29-34-47-45(35-41)44-23-15-16-24-46(44)67-47)56-50(38-21-13-8-14-22-38)52(57(61)64-3)54(40-27-32-43(63-2)33-28-40)60(56)58(65-4,66-5)59(53)55/h6-35H,1-5H3/q+1. The predicted molar refractivity (Wildman–Crippen MR) is 267 cm³/mol. The number of hydrogen-bond acceptors (Lipinski definition) is 7. The van der Waals surface area contributed by atoms with Gasteiger partial charge in [0.05, 0.1) is 43.9 Å². The zero-order chi connectivity index (χ0) is 45.8. The number of esters is 1. The number of hydrogen-bond donors (Lipinski definition) is 0. The van der Waals surface area contributed by atoms with Gasteiger partial charge in [0, 0.05) is 51.1 Å². The van der Waals surface area contributed by atoms with Crippen LogP contribution < -0.4 is 9.47 Å². The van der Waals surface area contributed by atoms with Crippen LogP contribution in [0.15, 0.2) is 193 Å². The number of nitrogens with zero attached hydrogens (tertiary/aromatic N) is 2. The molecule has 0 fully saturated rings. The van der Waals surface area contributed by atoms with Crippen LogP contribution in [0.25, 0.3) is 64.8 Å². The lowest BCUT2D eigenvalue weighted by Gasteiger charge is -2.36. The van der Waals surface area contributed by atoms with Crippen LogP contribution in [0.5, 0.6) is 11.5 Å². The van der Waals surface area contributed by atoms with Gasteiger partial charge in [0.1, 0.15) is 17.1 Å². The molecule has 0 bridgehead atoms. The van der Waals surface area contributed by atoms with Crippen LogP contribution in [-0.2, 0) is 25.0 Å². The van der Waals surface area contributed by atoms with Crippen molar-refractivity contribution in [1.82, 2.24) is 4.57 Å². The Morgan fingerprint density at radius 2 is 1.00 bits per heavy atom. The maximum atomic E-state index is 15.0. The molecule has 0 saturated carbocycles. The monoisotopic (exact) mass is 897 g/mol. The molecular formula is C58H45N2O6S+. The van der Waals surface area contributed by atoms with E-state index in [0.717, 1.165) is 72.6 Å². The molecule has 0 radical (unpaired) electrons. The Morgan fingerprint density at radius 3 is 1.57 bits per heavy atom. The van der Waals surface area contributed by atoms with E-state index in [-0.39, 0.29) is 0 Å². The third-order valence-corrected chi connectivity index (χ3v) is 14.0. The van der Waals surface area contributed by atoms with E-state index in [1.807, 2.05) is 78.9 Å². The molecule has 2 aromatic heterocycles. The van der Waals surface area contributed by atoms with E-state index in [9.17, 15) is 4.79 Å². The molecule has 7 aromatic carbocycles. The van der Waals surface area contributed by atoms with Gasteiger partial charge in [-0.2, -0.15) is 0 Å². The number of methoxy groups -OCH3 is 5. The Labute approximate surface area is 392 Å². The first-order valence-corrected chi connectivity index (χ1v) is 22.8. The molecule has 0 atom stereocenters. The van der Waals surface area contributed by atoms with Crippen molar-refractivity contribution in [2.75, 3.05) is 35.5 Å². The summed E-state index contributed by atoms with van der Waals surface area (Å²) in [7, 11) is 8.05. The molecule has 9 aromatic rings. The molecule has 67 heavy (non-hydrogen) atoms. The summed E-state index contributed by atoms with van der Waals surface area (Å²) in [5.74, 6) is 0.871. The SMILES string of the molecule is COC(=O)C1=C(c2ccccc2)C2=C(c3ccc4sc5ccccc5c4c3)c3c(-c4ccccc4)c(-c4ccccc4)c(-c4ccc(OC)cc4)n3C(OC)(OC)[N+]2=C1c1ccc(OC)cc1. The highest BCUT2D eigenvalue weighted by molar-refractivity contribution is 7.25. The highest BCUT2D eigenvalue weighted by Gasteiger charge is 2.63. The van der Waals surface area contributed by atoms with Gasteiger partial charge in [-0.05, 0) is 94.5 Å². The first-order chi connectivity index (χ1) is 32.9. The highest BCUT2D eigenvalue weighted by atomic mass is 32.1. The number of allylic oxidation sites excluding steroid dienone is 1. The average Bonchev–Trinajstić information content (AvgIpc) is 4.08. The number of ether oxygens (including phenoxy) is 5. The summed E-state index contributed by atoms with van der Waals surface area (Å²) in [5.41, 5.74) is 12.0. The van der Waals surface area contributed by atoms with Crippen LogP contribution >= 0.6 is 11.3 Å². The number of benzene rings is 7. The van der Waals surface area contributed by atoms with Crippen molar-refractivity contribution >= 4 is 54.3 Å². The number of aromatic nitrogens is 1. The summed E-state index contributed by atoms with van der Waals surface area (Å²) >= 11 is 1.77. The van der Waals surface area contributed by atoms with Crippen LogP contribution in [-0.4, -0.2) is 56.4 Å². The fourth-order valence-electron chi connectivity index (χ4n) is 10.0. The smallest absolute Gasteiger partial charge is 0.492 e. The lowest BCUT2D eigenvalue weighted by atomic mass is 9.86. The van der Waals surface area contributed by atoms with Gasteiger partial charge < -0.3 is 14.2 Å². The fraction of sp³-hybridized carbons (Fsp3) is 0.103. The van der Waals surface area contributed by atoms with Gasteiger partial charge in [0.25, 0.3) is 0 Å². The number of thiophene rings is 1. The molecule has 0 saturated heterocycles. The second-order valence-electron chi connectivity index (χ2n) is 16.3. The third kappa shape index (κ3) is 6.49. The molecule has 11 rings (SSSR count). The highest BCUT2D eigenvalue weighted by Crippen LogP contribution is 2.58. The molecule has 4 heterocycles. The molecule has 0 amide bonds. The minimum Gasteiger partial charge on any atom is -0.497 e. The van der Waals surface area contributed by atoms with Crippen molar-refractivity contribution < 1.29 is 33.1 Å². The fourth-order valence-corrected chi connectivity index (χ4v) is 11.1. The molecular weight excluding hydrogens is 853 g/mol. The van der Waals surface area contributed by atoms with Crippen molar-refractivity contribution in [1.29, 1.82) is 0 Å². The lowest BCUT2D eigenvalue weighted by molar-refractivity contribution is -0.719. The summed E-state index contributed by atoms with van der Waals surface area (Å²) < 4.78 is 37.9. The Bertz CT molecular complexity index is 3470. The summed E-state index contributed by atoms with van der Waals surface area (Å²) in [6, 6.07) is 60.3. The molecule has 0 spiro atoms. The normalized spacial score (nSPS) is 14.2. The first kappa shape index (κ1) is 41.9. The largest absolute Gasteiger partial charge is 0.497 e. The maximum absolute atomic E-state index is 15.0. The molecule has 0 unspecified atom stereocenters. The number of fused-ring (bicyclic) bond motifs is 5. The van der Waals surface area contributed by atoms with Crippen molar-refractivity contribution in [3.05, 3.63) is 216 Å². The van der Waals surface area contributed by atoms with E-state index in [1.54, 1.807) is 39.8 Å². The van der Waals surface area contributed by atoms with Crippen LogP contribution in [0.1, 0.15) is 22.4 Å². The topological polar surface area (TPSA) is 71.2 Å². The summed E-state index contributed by atoms with van der Waals surface area (Å²) in [4.78, 5) is 15.0. The molecule has 9 heteroatoms. The second-order valence-corrected chi connectivity index (χ2v) is 17.3. The van der Waals surface area contributed by atoms with Gasteiger partial charge in [0.2, 0.25) is 11.4 Å². The Hall–Kier alpha value is -7.82. The summed E-state index contributed by atoms with van der Waals surface area (Å²) in [6.07, 6.45) is 0. The van der Waals surface area contributed by atoms with Crippen LogP contribution in [0.3, 0.4) is 0 Å². The summed E-state index contributed by atoms with van der Waals surface area (Å²) in [6.45, 7) is 0. The Morgan fingerprint density at radius 1 is 0.493 bits per heavy atom. The zero-order valence-electron chi connectivity index (χ0n) is 37.6. The third-order valence-electron chi connectivity index (χ3n) is 12.9. The van der Waals surface area contributed by atoms with Crippen molar-refractivity contribution in [2.24, 2.45) is 0 Å². The van der Waals surface area contributed by atoms with Crippen molar-refractivity contribution in [3.8, 4) is 45.0 Å². The molecule has 8 nitrogen and oxygen atoms in total. The van der Waals surface area contributed by atoms with Crippen molar-refractivity contribution in [3.63, 3.8) is 0 Å². The van der Waals surface area contributed by atoms with Crippen LogP contribution in [0, 0.1) is 0 Å². The van der Waals surface area contributed by atoms with E-state index in [1.165, 1.54) is 21.9 Å². The average molecular weight is 898 g/mol. The molecule has 2 aliphatic rings. The maximum Gasteiger partial charge on any atom is 0.492 e. The number of carbonyl (C=O) groups excluding carboxylic acids is 1. The number of rotatable bonds is 11. The van der Waals surface area contributed by atoms with Gasteiger partial charge in [-0.3, -0.25) is 9.47 Å². The van der Waals surface area contributed by atoms with Gasteiger partial charge in [-0.1, -0.05) is 115 Å². The minimum atomic E-state index is -1.79. The van der Waals surface area contributed by atoms with Gasteiger partial charge in [0.15, 0.2) is 0 Å². The predicted octanol–water partition coefficient (Wildman–Crippen LogP) is 12.6. The van der Waals surface area contributed by atoms with Crippen molar-refractivity contribution in [2.45, 2.75) is 6.03 Å².